The summed E-state index contributed by atoms with van der Waals surface area (Å²) in [6.07, 6.45) is 2.32. The van der Waals surface area contributed by atoms with E-state index in [1.807, 2.05) is 13.8 Å². The molecule has 1 rings (SSSR count). The van der Waals surface area contributed by atoms with Gasteiger partial charge in [0.05, 0.1) is 13.2 Å². The number of nitrogens with zero attached hydrogens (tertiary/aromatic N) is 2. The zero-order valence-corrected chi connectivity index (χ0v) is 16.4. The van der Waals surface area contributed by atoms with Crippen molar-refractivity contribution in [3.05, 3.63) is 0 Å². The molecule has 1 unspecified atom stereocenters. The second kappa shape index (κ2) is 12.9. The van der Waals surface area contributed by atoms with Gasteiger partial charge in [-0.2, -0.15) is 0 Å². The smallest absolute Gasteiger partial charge is 0.241 e. The van der Waals surface area contributed by atoms with Gasteiger partial charge in [-0.1, -0.05) is 26.7 Å². The lowest BCUT2D eigenvalue weighted by Gasteiger charge is -2.39. The number of hydrogen-bond acceptors (Lipinski definition) is 4. The van der Waals surface area contributed by atoms with E-state index in [0.29, 0.717) is 24.5 Å². The monoisotopic (exact) mass is 355 g/mol. The lowest BCUT2D eigenvalue weighted by molar-refractivity contribution is -0.119. The van der Waals surface area contributed by atoms with Crippen LogP contribution >= 0.6 is 0 Å². The molecule has 1 heterocycles. The Morgan fingerprint density at radius 2 is 1.68 bits per heavy atom. The van der Waals surface area contributed by atoms with Gasteiger partial charge in [0.15, 0.2) is 5.96 Å². The van der Waals surface area contributed by atoms with Crippen molar-refractivity contribution in [1.29, 1.82) is 0 Å². The molecule has 1 fully saturated rings. The molecule has 0 radical (unpaired) electrons. The minimum absolute atomic E-state index is 0.0515. The Balaban J connectivity index is 2.68. The fourth-order valence-electron chi connectivity index (χ4n) is 3.28. The predicted molar refractivity (Wildman–Crippen MR) is 103 cm³/mol. The van der Waals surface area contributed by atoms with E-state index >= 15 is 0 Å². The highest BCUT2D eigenvalue weighted by atomic mass is 16.5. The first-order chi connectivity index (χ1) is 12.2. The maximum Gasteiger partial charge on any atom is 0.241 e. The molecule has 7 nitrogen and oxygen atoms in total. The molecule has 0 saturated carbocycles. The molecule has 146 valence electrons. The highest BCUT2D eigenvalue weighted by Crippen LogP contribution is 2.19. The summed E-state index contributed by atoms with van der Waals surface area (Å²) >= 11 is 0. The van der Waals surface area contributed by atoms with E-state index in [0.717, 1.165) is 52.2 Å². The Morgan fingerprint density at radius 1 is 1.04 bits per heavy atom. The average molecular weight is 356 g/mol. The third-order valence-electron chi connectivity index (χ3n) is 4.69. The molecule has 0 aromatic heterocycles. The van der Waals surface area contributed by atoms with Crippen LogP contribution in [0.4, 0.5) is 0 Å². The molecule has 3 N–H and O–H groups in total. The number of carbonyl (C=O) groups is 1. The summed E-state index contributed by atoms with van der Waals surface area (Å²) < 4.78 is 5.51. The van der Waals surface area contributed by atoms with E-state index < -0.39 is 0 Å². The number of hydrogen-bond donors (Lipinski definition) is 3. The summed E-state index contributed by atoms with van der Waals surface area (Å²) in [7, 11) is 0. The van der Waals surface area contributed by atoms with Gasteiger partial charge in [0.2, 0.25) is 5.91 Å². The van der Waals surface area contributed by atoms with E-state index in [1.165, 1.54) is 0 Å². The minimum Gasteiger partial charge on any atom is -0.379 e. The number of ether oxygens (including phenoxy) is 1. The van der Waals surface area contributed by atoms with Gasteiger partial charge in [-0.15, -0.1) is 0 Å². The number of aliphatic imine (C=N–C) groups is 1. The fraction of sp³-hybridized carbons (Fsp3) is 0.889. The van der Waals surface area contributed by atoms with E-state index in [-0.39, 0.29) is 12.5 Å². The minimum atomic E-state index is -0.0515. The zero-order valence-electron chi connectivity index (χ0n) is 16.4. The lowest BCUT2D eigenvalue weighted by atomic mass is 9.92. The Bertz CT molecular complexity index is 393. The number of morpholine rings is 1. The second-order valence-electron chi connectivity index (χ2n) is 6.32. The van der Waals surface area contributed by atoms with Crippen LogP contribution < -0.4 is 16.0 Å². The average Bonchev–Trinajstić information content (AvgIpc) is 2.64. The fourth-order valence-corrected chi connectivity index (χ4v) is 3.28. The summed E-state index contributed by atoms with van der Waals surface area (Å²) in [5.74, 6) is 1.29. The second-order valence-corrected chi connectivity index (χ2v) is 6.32. The van der Waals surface area contributed by atoms with Crippen molar-refractivity contribution in [3.8, 4) is 0 Å². The Labute approximate surface area is 153 Å². The van der Waals surface area contributed by atoms with Crippen molar-refractivity contribution in [1.82, 2.24) is 20.9 Å². The van der Waals surface area contributed by atoms with Gasteiger partial charge in [0.25, 0.3) is 0 Å². The molecule has 0 bridgehead atoms. The third-order valence-corrected chi connectivity index (χ3v) is 4.69. The van der Waals surface area contributed by atoms with Gasteiger partial charge in [-0.05, 0) is 19.8 Å². The van der Waals surface area contributed by atoms with Crippen LogP contribution in [0, 0.1) is 5.92 Å². The summed E-state index contributed by atoms with van der Waals surface area (Å²) in [5.41, 5.74) is 0. The van der Waals surface area contributed by atoms with Crippen LogP contribution in [0.3, 0.4) is 0 Å². The molecule has 1 amide bonds. The van der Waals surface area contributed by atoms with Crippen LogP contribution in [0.15, 0.2) is 4.99 Å². The maximum absolute atomic E-state index is 11.6. The van der Waals surface area contributed by atoms with Crippen LogP contribution in [0.5, 0.6) is 0 Å². The van der Waals surface area contributed by atoms with Gasteiger partial charge in [-0.3, -0.25) is 9.69 Å². The van der Waals surface area contributed by atoms with Crippen molar-refractivity contribution >= 4 is 11.9 Å². The van der Waals surface area contributed by atoms with Gasteiger partial charge >= 0.3 is 0 Å². The number of likely N-dealkylation sites (N-methyl/N-ethyl adjacent to an activating group) is 1. The third kappa shape index (κ3) is 8.05. The molecule has 0 aromatic carbocycles. The van der Waals surface area contributed by atoms with E-state index in [1.54, 1.807) is 0 Å². The number of nitrogens with one attached hydrogen (secondary N) is 3. The largest absolute Gasteiger partial charge is 0.379 e. The van der Waals surface area contributed by atoms with Gasteiger partial charge in [0.1, 0.15) is 6.54 Å². The molecule has 0 spiro atoms. The van der Waals surface area contributed by atoms with Gasteiger partial charge < -0.3 is 20.7 Å². The summed E-state index contributed by atoms with van der Waals surface area (Å²) in [6.45, 7) is 14.4. The van der Waals surface area contributed by atoms with Crippen LogP contribution in [-0.2, 0) is 9.53 Å². The van der Waals surface area contributed by atoms with Crippen molar-refractivity contribution in [2.75, 3.05) is 52.5 Å². The van der Waals surface area contributed by atoms with Gasteiger partial charge in [0, 0.05) is 38.8 Å². The van der Waals surface area contributed by atoms with Crippen molar-refractivity contribution in [2.45, 2.75) is 46.6 Å². The number of carbonyl (C=O) groups excluding carboxylic acids is 1. The molecular formula is C18H37N5O2. The van der Waals surface area contributed by atoms with E-state index in [2.05, 4.69) is 39.7 Å². The first kappa shape index (κ1) is 21.7. The molecule has 0 aliphatic carbocycles. The maximum atomic E-state index is 11.6. The Morgan fingerprint density at radius 3 is 2.24 bits per heavy atom. The highest BCUT2D eigenvalue weighted by Gasteiger charge is 2.27. The van der Waals surface area contributed by atoms with Crippen molar-refractivity contribution in [3.63, 3.8) is 0 Å². The molecule has 7 heteroatoms. The quantitative estimate of drug-likeness (QED) is 0.399. The lowest BCUT2D eigenvalue weighted by Crippen LogP contribution is -2.53. The van der Waals surface area contributed by atoms with Gasteiger partial charge in [-0.25, -0.2) is 4.99 Å². The summed E-state index contributed by atoms with van der Waals surface area (Å²) in [6, 6.07) is 0.451. The first-order valence-corrected chi connectivity index (χ1v) is 9.76. The Hall–Kier alpha value is -1.34. The molecular weight excluding hydrogens is 318 g/mol. The van der Waals surface area contributed by atoms with E-state index in [4.69, 9.17) is 4.74 Å². The van der Waals surface area contributed by atoms with Crippen LogP contribution in [0.25, 0.3) is 0 Å². The summed E-state index contributed by atoms with van der Waals surface area (Å²) in [4.78, 5) is 18.6. The molecule has 0 aromatic rings. The number of amides is 1. The summed E-state index contributed by atoms with van der Waals surface area (Å²) in [5, 5.41) is 9.44. The standard InChI is InChI=1S/C18H37N5O2/c1-5-15(6-2)16(23-9-11-25-12-10-23)13-21-18(20-8-4)22-14-17(24)19-7-3/h15-16H,5-14H2,1-4H3,(H,19,24)(H2,20,21,22). The molecule has 1 saturated heterocycles. The molecule has 25 heavy (non-hydrogen) atoms. The van der Waals surface area contributed by atoms with Crippen LogP contribution in [0.2, 0.25) is 0 Å². The van der Waals surface area contributed by atoms with Crippen LogP contribution in [0.1, 0.15) is 40.5 Å². The van der Waals surface area contributed by atoms with Crippen molar-refractivity contribution in [2.24, 2.45) is 10.9 Å². The number of guanidine groups is 1. The molecule has 1 aliphatic rings. The highest BCUT2D eigenvalue weighted by molar-refractivity contribution is 5.84. The normalized spacial score (nSPS) is 17.4. The molecule has 1 aliphatic heterocycles. The van der Waals surface area contributed by atoms with E-state index in [9.17, 15) is 4.79 Å². The van der Waals surface area contributed by atoms with Crippen molar-refractivity contribution < 1.29 is 9.53 Å². The number of rotatable bonds is 10. The zero-order chi connectivity index (χ0) is 18.5. The van der Waals surface area contributed by atoms with Crippen LogP contribution in [-0.4, -0.2) is 75.3 Å². The SMILES string of the molecule is CCNC(=O)CN=C(NCC)NCC(C(CC)CC)N1CCOCC1. The molecule has 1 atom stereocenters. The topological polar surface area (TPSA) is 78.0 Å². The predicted octanol–water partition coefficient (Wildman–Crippen LogP) is 0.815. The first-order valence-electron chi connectivity index (χ1n) is 9.76. The Kier molecular flexibility index (Phi) is 11.2.